The predicted octanol–water partition coefficient (Wildman–Crippen LogP) is 6.34. The number of hydrogen-bond donors (Lipinski definition) is 0. The molecular weight excluding hydrogens is 456 g/mol. The Bertz CT molecular complexity index is 1340. The van der Waals surface area contributed by atoms with E-state index in [1.807, 2.05) is 12.1 Å². The molecule has 0 atom stereocenters. The van der Waals surface area contributed by atoms with Gasteiger partial charge in [-0.3, -0.25) is 0 Å². The van der Waals surface area contributed by atoms with Crippen LogP contribution in [0.1, 0.15) is 51.2 Å². The van der Waals surface area contributed by atoms with Gasteiger partial charge in [0.15, 0.2) is 0 Å². The largest absolute Gasteiger partial charge is 0.462 e. The second kappa shape index (κ2) is 12.2. The topological polar surface area (TPSA) is 82.8 Å². The fourth-order valence-electron chi connectivity index (χ4n) is 3.73. The first kappa shape index (κ1) is 26.7. The molecule has 0 unspecified atom stereocenters. The van der Waals surface area contributed by atoms with Crippen molar-refractivity contribution < 1.29 is 23.5 Å². The van der Waals surface area contributed by atoms with E-state index in [-0.39, 0.29) is 5.97 Å². The molecule has 1 aromatic heterocycles. The molecule has 2 aromatic carbocycles. The van der Waals surface area contributed by atoms with Crippen LogP contribution in [0.2, 0.25) is 0 Å². The number of unbranched alkanes of at least 4 members (excludes halogenated alkanes) is 1. The van der Waals surface area contributed by atoms with Crippen molar-refractivity contribution in [3.63, 3.8) is 0 Å². The monoisotopic (exact) mass is 488 g/mol. The molecule has 1 heterocycles. The molecule has 0 N–H and O–H groups in total. The van der Waals surface area contributed by atoms with Gasteiger partial charge < -0.3 is 13.9 Å². The molecule has 0 saturated heterocycles. The quantitative estimate of drug-likeness (QED) is 0.103. The van der Waals surface area contributed by atoms with Crippen LogP contribution in [0.3, 0.4) is 0 Å². The highest BCUT2D eigenvalue weighted by molar-refractivity contribution is 5.89. The molecule has 0 aliphatic rings. The third kappa shape index (κ3) is 6.81. The normalized spacial score (nSPS) is 10.8. The maximum atomic E-state index is 12.9. The van der Waals surface area contributed by atoms with Crippen molar-refractivity contribution in [3.8, 4) is 16.9 Å². The number of carbonyl (C=O) groups is 2. The van der Waals surface area contributed by atoms with E-state index in [1.54, 1.807) is 38.1 Å². The molecule has 0 spiro atoms. The molecule has 0 bridgehead atoms. The van der Waals surface area contributed by atoms with Crippen molar-refractivity contribution in [2.24, 2.45) is 0 Å². The molecule has 6 heteroatoms. The van der Waals surface area contributed by atoms with Gasteiger partial charge in [-0.1, -0.05) is 44.7 Å². The molecule has 0 fully saturated rings. The summed E-state index contributed by atoms with van der Waals surface area (Å²) in [6.07, 6.45) is 4.19. The first-order valence-electron chi connectivity index (χ1n) is 12.1. The minimum Gasteiger partial charge on any atom is -0.462 e. The number of carbonyl (C=O) groups excluding carboxylic acids is 2. The van der Waals surface area contributed by atoms with E-state index in [4.69, 9.17) is 13.9 Å². The van der Waals surface area contributed by atoms with Gasteiger partial charge >= 0.3 is 17.6 Å². The summed E-state index contributed by atoms with van der Waals surface area (Å²) in [5.41, 5.74) is 4.02. The van der Waals surface area contributed by atoms with Crippen LogP contribution in [0.4, 0.5) is 0 Å². The zero-order valence-corrected chi connectivity index (χ0v) is 21.1. The second-order valence-electron chi connectivity index (χ2n) is 8.94. The molecule has 0 aliphatic heterocycles. The average molecular weight is 489 g/mol. The van der Waals surface area contributed by atoms with Crippen molar-refractivity contribution in [2.45, 2.75) is 52.9 Å². The summed E-state index contributed by atoms with van der Waals surface area (Å²) in [5, 5.41) is 0.838. The van der Waals surface area contributed by atoms with Crippen LogP contribution in [-0.2, 0) is 27.2 Å². The van der Waals surface area contributed by atoms with Gasteiger partial charge in [-0.2, -0.15) is 0 Å². The van der Waals surface area contributed by atoms with Crippen LogP contribution in [0.5, 0.6) is 5.75 Å². The Morgan fingerprint density at radius 1 is 0.917 bits per heavy atom. The summed E-state index contributed by atoms with van der Waals surface area (Å²) in [6.45, 7) is 12.8. The third-order valence-electron chi connectivity index (χ3n) is 5.68. The van der Waals surface area contributed by atoms with Crippen LogP contribution in [0.15, 0.2) is 76.0 Å². The van der Waals surface area contributed by atoms with E-state index in [2.05, 4.69) is 26.1 Å². The van der Waals surface area contributed by atoms with Crippen molar-refractivity contribution in [1.82, 2.24) is 0 Å². The number of esters is 2. The second-order valence-corrected chi connectivity index (χ2v) is 8.94. The summed E-state index contributed by atoms with van der Waals surface area (Å²) in [5.74, 6) is -0.521. The van der Waals surface area contributed by atoms with Crippen LogP contribution >= 0.6 is 0 Å². The van der Waals surface area contributed by atoms with Crippen molar-refractivity contribution >= 4 is 22.9 Å². The lowest BCUT2D eigenvalue weighted by molar-refractivity contribution is -0.139. The highest BCUT2D eigenvalue weighted by Crippen LogP contribution is 2.28. The average Bonchev–Trinajstić information content (AvgIpc) is 2.85. The van der Waals surface area contributed by atoms with Crippen LogP contribution < -0.4 is 10.4 Å². The molecule has 6 nitrogen and oxygen atoms in total. The number of hydrogen-bond acceptors (Lipinski definition) is 6. The Morgan fingerprint density at radius 2 is 1.61 bits per heavy atom. The smallest absolute Gasteiger partial charge is 0.344 e. The third-order valence-corrected chi connectivity index (χ3v) is 5.68. The molecule has 3 aromatic rings. The van der Waals surface area contributed by atoms with E-state index >= 15 is 0 Å². The van der Waals surface area contributed by atoms with Gasteiger partial charge in [0, 0.05) is 16.5 Å². The Kier molecular flexibility index (Phi) is 9.01. The lowest BCUT2D eigenvalue weighted by Gasteiger charge is -2.11. The van der Waals surface area contributed by atoms with Crippen LogP contribution in [0.25, 0.3) is 22.1 Å². The highest BCUT2D eigenvalue weighted by Gasteiger charge is 2.14. The summed E-state index contributed by atoms with van der Waals surface area (Å²) >= 11 is 0. The number of rotatable bonds is 11. The van der Waals surface area contributed by atoms with Gasteiger partial charge in [0.25, 0.3) is 0 Å². The first-order valence-corrected chi connectivity index (χ1v) is 12.1. The zero-order valence-electron chi connectivity index (χ0n) is 21.1. The Labute approximate surface area is 211 Å². The molecule has 188 valence electrons. The van der Waals surface area contributed by atoms with Gasteiger partial charge in [-0.25, -0.2) is 14.4 Å². The maximum absolute atomic E-state index is 12.9. The summed E-state index contributed by atoms with van der Waals surface area (Å²) in [6, 6.07) is 12.6. The van der Waals surface area contributed by atoms with Gasteiger partial charge in [-0.05, 0) is 80.5 Å². The number of benzene rings is 2. The zero-order chi connectivity index (χ0) is 26.2. The van der Waals surface area contributed by atoms with E-state index in [9.17, 15) is 14.4 Å². The lowest BCUT2D eigenvalue weighted by Crippen LogP contribution is -2.08. The Hall–Kier alpha value is -3.93. The minimum atomic E-state index is -0.505. The Morgan fingerprint density at radius 3 is 2.25 bits per heavy atom. The fraction of sp³-hybridized carbons (Fsp3) is 0.300. The number of ether oxygens (including phenoxy) is 2. The SMILES string of the molecule is C=C(C)C(=O)OCCCc1cc(CCCC)c2oc(=O)c(-c3ccc(OC(=O)C(=C)C)cc3)cc2c1. The van der Waals surface area contributed by atoms with Gasteiger partial charge in [0.2, 0.25) is 0 Å². The van der Waals surface area contributed by atoms with Crippen molar-refractivity contribution in [1.29, 1.82) is 0 Å². The van der Waals surface area contributed by atoms with E-state index < -0.39 is 11.6 Å². The maximum Gasteiger partial charge on any atom is 0.344 e. The molecule has 0 radical (unpaired) electrons. The molecule has 0 amide bonds. The number of fused-ring (bicyclic) bond motifs is 1. The van der Waals surface area contributed by atoms with Gasteiger partial charge in [-0.15, -0.1) is 0 Å². The number of aryl methyl sites for hydroxylation is 2. The fourth-order valence-corrected chi connectivity index (χ4v) is 3.73. The van der Waals surface area contributed by atoms with Crippen LogP contribution in [-0.4, -0.2) is 18.5 Å². The van der Waals surface area contributed by atoms with E-state index in [0.29, 0.717) is 46.6 Å². The first-order chi connectivity index (χ1) is 17.2. The predicted molar refractivity (Wildman–Crippen MR) is 141 cm³/mol. The standard InChI is InChI=1S/C30H32O6/c1-6-7-10-23-16-21(9-8-15-34-28(31)19(2)3)17-24-18-26(30(33)36-27(23)24)22-11-13-25(14-12-22)35-29(32)20(4)5/h11-14,16-18H,2,4,6-10,15H2,1,3,5H3. The van der Waals surface area contributed by atoms with Gasteiger partial charge in [0.05, 0.1) is 12.2 Å². The minimum absolute atomic E-state index is 0.304. The molecule has 0 aliphatic carbocycles. The molecule has 3 rings (SSSR count). The highest BCUT2D eigenvalue weighted by atomic mass is 16.5. The van der Waals surface area contributed by atoms with Crippen LogP contribution in [0, 0.1) is 0 Å². The molecule has 36 heavy (non-hydrogen) atoms. The van der Waals surface area contributed by atoms with Crippen molar-refractivity contribution in [3.05, 3.63) is 88.3 Å². The molecular formula is C30H32O6. The van der Waals surface area contributed by atoms with Crippen molar-refractivity contribution in [2.75, 3.05) is 6.61 Å². The summed E-state index contributed by atoms with van der Waals surface area (Å²) in [7, 11) is 0. The summed E-state index contributed by atoms with van der Waals surface area (Å²) < 4.78 is 16.3. The van der Waals surface area contributed by atoms with E-state index in [0.717, 1.165) is 42.2 Å². The Balaban J connectivity index is 1.90. The lowest BCUT2D eigenvalue weighted by atomic mass is 9.97. The summed E-state index contributed by atoms with van der Waals surface area (Å²) in [4.78, 5) is 36.3. The van der Waals surface area contributed by atoms with E-state index in [1.165, 1.54) is 0 Å². The van der Waals surface area contributed by atoms with Gasteiger partial charge in [0.1, 0.15) is 11.3 Å². The molecule has 0 saturated carbocycles.